The van der Waals surface area contributed by atoms with Crippen molar-refractivity contribution in [3.63, 3.8) is 0 Å². The Morgan fingerprint density at radius 3 is 1.53 bits per heavy atom. The third-order valence-electron chi connectivity index (χ3n) is 7.41. The van der Waals surface area contributed by atoms with Crippen LogP contribution in [0.2, 0.25) is 0 Å². The number of carbonyl (C=O) groups excluding carboxylic acids is 1. The van der Waals surface area contributed by atoms with Gasteiger partial charge in [-0.25, -0.2) is 4.79 Å². The molecule has 0 heterocycles. The summed E-state index contributed by atoms with van der Waals surface area (Å²) < 4.78 is 44.1. The minimum Gasteiger partial charge on any atom is -0.449 e. The molecule has 0 aliphatic heterocycles. The summed E-state index contributed by atoms with van der Waals surface area (Å²) in [5.74, 6) is 0.652. The molecule has 0 spiro atoms. The zero-order valence-corrected chi connectivity index (χ0v) is 27.2. The number of ether oxygens (including phenoxy) is 8. The Hall–Kier alpha value is -2.57. The van der Waals surface area contributed by atoms with Gasteiger partial charge in [-0.05, 0) is 34.6 Å². The normalized spacial score (nSPS) is 13.0. The standard InChI is InChI=1S/C35H53NO9/c1-3-29(2)27-44-26-25-43-24-23-42-22-21-41-20-19-40-18-17-39-16-15-38-14-8-13-36-35(37)45-28-34-32-11-6-4-9-30(32)31-10-5-7-12-33(31)34/h4-7,9-12,29,34H,3,8,13-28H2,1-2H3,(H,36,37). The van der Waals surface area contributed by atoms with E-state index in [0.29, 0.717) is 111 Å². The van der Waals surface area contributed by atoms with Crippen LogP contribution in [0.4, 0.5) is 4.79 Å². The second kappa shape index (κ2) is 23.7. The van der Waals surface area contributed by atoms with Gasteiger partial charge in [0.2, 0.25) is 0 Å². The van der Waals surface area contributed by atoms with Crippen molar-refractivity contribution in [3.8, 4) is 11.1 Å². The first-order valence-corrected chi connectivity index (χ1v) is 16.3. The van der Waals surface area contributed by atoms with Crippen LogP contribution < -0.4 is 5.32 Å². The Kier molecular flexibility index (Phi) is 19.4. The minimum absolute atomic E-state index is 0.0575. The number of nitrogens with one attached hydrogen (secondary N) is 1. The second-order valence-electron chi connectivity index (χ2n) is 10.9. The monoisotopic (exact) mass is 631 g/mol. The molecule has 1 aliphatic rings. The topological polar surface area (TPSA) is 103 Å². The van der Waals surface area contributed by atoms with Gasteiger partial charge in [0, 0.05) is 25.7 Å². The fourth-order valence-electron chi connectivity index (χ4n) is 4.74. The maximum Gasteiger partial charge on any atom is 0.407 e. The van der Waals surface area contributed by atoms with E-state index in [1.807, 2.05) is 24.3 Å². The van der Waals surface area contributed by atoms with Crippen LogP contribution in [0, 0.1) is 5.92 Å². The molecule has 1 aliphatic carbocycles. The van der Waals surface area contributed by atoms with Crippen molar-refractivity contribution in [2.75, 3.05) is 106 Å². The van der Waals surface area contributed by atoms with E-state index in [0.717, 1.165) is 13.0 Å². The van der Waals surface area contributed by atoms with Crippen LogP contribution in [0.25, 0.3) is 11.1 Å². The second-order valence-corrected chi connectivity index (χ2v) is 10.9. The van der Waals surface area contributed by atoms with Crippen LogP contribution in [-0.4, -0.2) is 112 Å². The highest BCUT2D eigenvalue weighted by Gasteiger charge is 2.28. The van der Waals surface area contributed by atoms with Gasteiger partial charge in [0.15, 0.2) is 0 Å². The van der Waals surface area contributed by atoms with Crippen LogP contribution in [0.1, 0.15) is 43.7 Å². The molecular formula is C35H53NO9. The first-order chi connectivity index (χ1) is 22.2. The predicted molar refractivity (Wildman–Crippen MR) is 173 cm³/mol. The van der Waals surface area contributed by atoms with Crippen LogP contribution >= 0.6 is 0 Å². The number of hydrogen-bond acceptors (Lipinski definition) is 9. The molecule has 10 nitrogen and oxygen atoms in total. The molecule has 3 rings (SSSR count). The molecule has 0 fully saturated rings. The number of amides is 1. The molecule has 1 N–H and O–H groups in total. The maximum absolute atomic E-state index is 12.2. The zero-order chi connectivity index (χ0) is 31.8. The van der Waals surface area contributed by atoms with Crippen molar-refractivity contribution in [2.45, 2.75) is 32.6 Å². The molecule has 0 radical (unpaired) electrons. The lowest BCUT2D eigenvalue weighted by Gasteiger charge is -2.14. The summed E-state index contributed by atoms with van der Waals surface area (Å²) in [6.45, 7) is 12.8. The Balaban J connectivity index is 1.02. The highest BCUT2D eigenvalue weighted by Crippen LogP contribution is 2.44. The molecule has 10 heteroatoms. The molecule has 1 unspecified atom stereocenters. The van der Waals surface area contributed by atoms with Gasteiger partial charge in [-0.3, -0.25) is 0 Å². The summed E-state index contributed by atoms with van der Waals surface area (Å²) >= 11 is 0. The molecule has 252 valence electrons. The highest BCUT2D eigenvalue weighted by atomic mass is 16.6. The zero-order valence-electron chi connectivity index (χ0n) is 27.2. The minimum atomic E-state index is -0.408. The summed E-state index contributed by atoms with van der Waals surface area (Å²) in [5, 5.41) is 2.81. The first-order valence-electron chi connectivity index (χ1n) is 16.3. The van der Waals surface area contributed by atoms with Gasteiger partial charge in [0.1, 0.15) is 6.61 Å². The molecule has 0 saturated carbocycles. The van der Waals surface area contributed by atoms with Crippen LogP contribution in [0.5, 0.6) is 0 Å². The van der Waals surface area contributed by atoms with Gasteiger partial charge >= 0.3 is 6.09 Å². The number of carbonyl (C=O) groups is 1. The van der Waals surface area contributed by atoms with Gasteiger partial charge in [-0.1, -0.05) is 68.8 Å². The van der Waals surface area contributed by atoms with Crippen LogP contribution in [0.3, 0.4) is 0 Å². The lowest BCUT2D eigenvalue weighted by molar-refractivity contribution is -0.0215. The van der Waals surface area contributed by atoms with Crippen molar-refractivity contribution in [1.82, 2.24) is 5.32 Å². The number of fused-ring (bicyclic) bond motifs is 3. The Bertz CT molecular complexity index is 1010. The molecule has 1 atom stereocenters. The number of alkyl carbamates (subject to hydrolysis) is 1. The average molecular weight is 632 g/mol. The molecule has 0 saturated heterocycles. The smallest absolute Gasteiger partial charge is 0.407 e. The van der Waals surface area contributed by atoms with Crippen molar-refractivity contribution in [3.05, 3.63) is 59.7 Å². The number of rotatable bonds is 27. The largest absolute Gasteiger partial charge is 0.449 e. The van der Waals surface area contributed by atoms with E-state index in [1.54, 1.807) is 0 Å². The summed E-state index contributed by atoms with van der Waals surface area (Å²) in [6.07, 6.45) is 1.42. The van der Waals surface area contributed by atoms with E-state index >= 15 is 0 Å². The Morgan fingerprint density at radius 2 is 1.07 bits per heavy atom. The fourth-order valence-corrected chi connectivity index (χ4v) is 4.74. The van der Waals surface area contributed by atoms with Crippen LogP contribution in [0.15, 0.2) is 48.5 Å². The van der Waals surface area contributed by atoms with Gasteiger partial charge < -0.3 is 43.2 Å². The van der Waals surface area contributed by atoms with Gasteiger partial charge in [0.25, 0.3) is 0 Å². The van der Waals surface area contributed by atoms with E-state index < -0.39 is 6.09 Å². The molecule has 1 amide bonds. The first kappa shape index (κ1) is 36.9. The summed E-state index contributed by atoms with van der Waals surface area (Å²) in [5.41, 5.74) is 4.83. The predicted octanol–water partition coefficient (Wildman–Crippen LogP) is 5.08. The van der Waals surface area contributed by atoms with Gasteiger partial charge in [-0.2, -0.15) is 0 Å². The maximum atomic E-state index is 12.2. The molecule has 2 aromatic rings. The van der Waals surface area contributed by atoms with E-state index in [-0.39, 0.29) is 5.92 Å². The van der Waals surface area contributed by atoms with Gasteiger partial charge in [-0.15, -0.1) is 0 Å². The quantitative estimate of drug-likeness (QED) is 0.135. The van der Waals surface area contributed by atoms with Crippen molar-refractivity contribution < 1.29 is 42.7 Å². The summed E-state index contributed by atoms with van der Waals surface area (Å²) in [4.78, 5) is 12.2. The fraction of sp³-hybridized carbons (Fsp3) is 0.629. The molecular weight excluding hydrogens is 578 g/mol. The SMILES string of the molecule is CCC(C)COCCOCCOCCOCCOCCOCCOCCCNC(=O)OCC1c2ccccc2-c2ccccc21. The third-order valence-corrected chi connectivity index (χ3v) is 7.41. The summed E-state index contributed by atoms with van der Waals surface area (Å²) in [6, 6.07) is 16.6. The average Bonchev–Trinajstić information content (AvgIpc) is 3.39. The third kappa shape index (κ3) is 15.0. The van der Waals surface area contributed by atoms with E-state index in [4.69, 9.17) is 37.9 Å². The number of hydrogen-bond donors (Lipinski definition) is 1. The van der Waals surface area contributed by atoms with Crippen LogP contribution in [-0.2, 0) is 37.9 Å². The molecule has 0 bridgehead atoms. The molecule has 2 aromatic carbocycles. The lowest BCUT2D eigenvalue weighted by atomic mass is 9.98. The van der Waals surface area contributed by atoms with Crippen molar-refractivity contribution >= 4 is 6.09 Å². The lowest BCUT2D eigenvalue weighted by Crippen LogP contribution is -2.27. The highest BCUT2D eigenvalue weighted by molar-refractivity contribution is 5.79. The van der Waals surface area contributed by atoms with E-state index in [1.165, 1.54) is 22.3 Å². The van der Waals surface area contributed by atoms with Crippen molar-refractivity contribution in [2.24, 2.45) is 5.92 Å². The molecule has 45 heavy (non-hydrogen) atoms. The van der Waals surface area contributed by atoms with Crippen molar-refractivity contribution in [1.29, 1.82) is 0 Å². The van der Waals surface area contributed by atoms with E-state index in [9.17, 15) is 4.79 Å². The summed E-state index contributed by atoms with van der Waals surface area (Å²) in [7, 11) is 0. The molecule has 0 aromatic heterocycles. The van der Waals surface area contributed by atoms with E-state index in [2.05, 4.69) is 43.4 Å². The Morgan fingerprint density at radius 1 is 0.644 bits per heavy atom. The Labute approximate surface area is 268 Å². The van der Waals surface area contributed by atoms with Gasteiger partial charge in [0.05, 0.1) is 79.3 Å². The number of benzene rings is 2.